The van der Waals surface area contributed by atoms with Gasteiger partial charge in [-0.2, -0.15) is 0 Å². The molecule has 1 amide bonds. The summed E-state index contributed by atoms with van der Waals surface area (Å²) in [7, 11) is 1.54. The van der Waals surface area contributed by atoms with Crippen molar-refractivity contribution in [1.82, 2.24) is 4.57 Å². The van der Waals surface area contributed by atoms with Crippen molar-refractivity contribution in [2.75, 3.05) is 18.6 Å². The maximum atomic E-state index is 13.6. The minimum atomic E-state index is -0.155. The Morgan fingerprint density at radius 3 is 2.24 bits per heavy atom. The summed E-state index contributed by atoms with van der Waals surface area (Å²) in [5, 5.41) is 1.14. The Hall–Kier alpha value is -2.79. The lowest BCUT2D eigenvalue weighted by Gasteiger charge is -2.18. The molecule has 5 nitrogen and oxygen atoms in total. The Morgan fingerprint density at radius 2 is 1.72 bits per heavy atom. The molecule has 0 N–H and O–H groups in total. The molecule has 0 unspecified atom stereocenters. The molecule has 0 aliphatic rings. The second-order valence-corrected chi connectivity index (χ2v) is 7.64. The van der Waals surface area contributed by atoms with Crippen molar-refractivity contribution >= 4 is 40.0 Å². The van der Waals surface area contributed by atoms with E-state index in [4.69, 9.17) is 16.3 Å². The van der Waals surface area contributed by atoms with Crippen molar-refractivity contribution in [1.29, 1.82) is 0 Å². The summed E-state index contributed by atoms with van der Waals surface area (Å²) in [6, 6.07) is 7.48. The molecule has 152 valence electrons. The summed E-state index contributed by atoms with van der Waals surface area (Å²) in [5.41, 5.74) is 4.87. The van der Waals surface area contributed by atoms with Crippen LogP contribution in [0.25, 0.3) is 10.9 Å². The zero-order chi connectivity index (χ0) is 21.5. The molecule has 1 aromatic heterocycles. The number of carbonyl (C=O) groups excluding carboxylic acids is 2. The molecular weight excluding hydrogens is 388 g/mol. The first-order valence-electron chi connectivity index (χ1n) is 9.48. The van der Waals surface area contributed by atoms with Crippen molar-refractivity contribution in [3.8, 4) is 5.75 Å². The van der Waals surface area contributed by atoms with Gasteiger partial charge in [0.05, 0.1) is 23.3 Å². The summed E-state index contributed by atoms with van der Waals surface area (Å²) in [5.74, 6) is 0.237. The standard InChI is InChI=1S/C23H25ClN2O3/c1-7-25(16(5)27)20-12-26(19-11-18(24)21(29-6)10-17(19)20)23(28)22-14(3)8-13(2)9-15(22)4/h8-12H,7H2,1-6H3. The van der Waals surface area contributed by atoms with E-state index in [-0.39, 0.29) is 11.8 Å². The van der Waals surface area contributed by atoms with Crippen LogP contribution in [0.1, 0.15) is 40.9 Å². The molecule has 0 bridgehead atoms. The van der Waals surface area contributed by atoms with Crippen molar-refractivity contribution < 1.29 is 14.3 Å². The van der Waals surface area contributed by atoms with Crippen LogP contribution >= 0.6 is 11.6 Å². The van der Waals surface area contributed by atoms with E-state index in [2.05, 4.69) is 0 Å². The predicted molar refractivity (Wildman–Crippen MR) is 118 cm³/mol. The number of carbonyl (C=O) groups is 2. The first-order chi connectivity index (χ1) is 13.7. The third kappa shape index (κ3) is 3.62. The summed E-state index contributed by atoms with van der Waals surface area (Å²) in [6.07, 6.45) is 1.71. The molecule has 0 radical (unpaired) electrons. The highest BCUT2D eigenvalue weighted by atomic mass is 35.5. The number of benzene rings is 2. The predicted octanol–water partition coefficient (Wildman–Crippen LogP) is 5.29. The van der Waals surface area contributed by atoms with Crippen molar-refractivity contribution in [2.45, 2.75) is 34.6 Å². The second kappa shape index (κ2) is 7.91. The molecule has 0 aliphatic carbocycles. The Bertz CT molecular complexity index is 1110. The number of aryl methyl sites for hydroxylation is 3. The van der Waals surface area contributed by atoms with Gasteiger partial charge in [-0.3, -0.25) is 14.2 Å². The zero-order valence-corrected chi connectivity index (χ0v) is 18.3. The number of ether oxygens (including phenoxy) is 1. The Balaban J connectivity index is 2.32. The van der Waals surface area contributed by atoms with Gasteiger partial charge in [-0.05, 0) is 51.0 Å². The van der Waals surface area contributed by atoms with Gasteiger partial charge in [0.2, 0.25) is 5.91 Å². The van der Waals surface area contributed by atoms with Gasteiger partial charge < -0.3 is 9.64 Å². The van der Waals surface area contributed by atoms with E-state index in [1.165, 1.54) is 14.0 Å². The average Bonchev–Trinajstić information content (AvgIpc) is 2.98. The fourth-order valence-electron chi connectivity index (χ4n) is 3.95. The van der Waals surface area contributed by atoms with Gasteiger partial charge >= 0.3 is 0 Å². The Labute approximate surface area is 175 Å². The molecule has 0 fully saturated rings. The van der Waals surface area contributed by atoms with Crippen LogP contribution < -0.4 is 9.64 Å². The van der Waals surface area contributed by atoms with Crippen LogP contribution in [-0.2, 0) is 4.79 Å². The maximum Gasteiger partial charge on any atom is 0.262 e. The van der Waals surface area contributed by atoms with E-state index in [0.29, 0.717) is 34.1 Å². The van der Waals surface area contributed by atoms with E-state index in [0.717, 1.165) is 22.1 Å². The number of hydrogen-bond acceptors (Lipinski definition) is 3. The summed E-state index contributed by atoms with van der Waals surface area (Å²) >= 11 is 6.36. The van der Waals surface area contributed by atoms with Gasteiger partial charge in [0.25, 0.3) is 5.91 Å². The smallest absolute Gasteiger partial charge is 0.262 e. The van der Waals surface area contributed by atoms with Gasteiger partial charge in [0, 0.05) is 30.6 Å². The van der Waals surface area contributed by atoms with Crippen LogP contribution in [0.15, 0.2) is 30.5 Å². The normalized spacial score (nSPS) is 11.0. The summed E-state index contributed by atoms with van der Waals surface area (Å²) < 4.78 is 6.93. The van der Waals surface area contributed by atoms with E-state index >= 15 is 0 Å². The SMILES string of the molecule is CCN(C(C)=O)c1cn(C(=O)c2c(C)cc(C)cc2C)c2cc(Cl)c(OC)cc12. The molecule has 2 aromatic carbocycles. The molecule has 0 saturated carbocycles. The van der Waals surface area contributed by atoms with Crippen LogP contribution in [-0.4, -0.2) is 30.0 Å². The maximum absolute atomic E-state index is 13.6. The average molecular weight is 413 g/mol. The number of amides is 1. The van der Waals surface area contributed by atoms with Gasteiger partial charge in [0.1, 0.15) is 5.75 Å². The Kier molecular flexibility index (Phi) is 5.71. The van der Waals surface area contributed by atoms with Gasteiger partial charge in [-0.1, -0.05) is 29.3 Å². The minimum Gasteiger partial charge on any atom is -0.495 e. The van der Waals surface area contributed by atoms with Crippen LogP contribution in [0, 0.1) is 20.8 Å². The largest absolute Gasteiger partial charge is 0.495 e. The molecular formula is C23H25ClN2O3. The highest BCUT2D eigenvalue weighted by Gasteiger charge is 2.23. The van der Waals surface area contributed by atoms with E-state index in [1.807, 2.05) is 39.8 Å². The quantitative estimate of drug-likeness (QED) is 0.585. The summed E-state index contributed by atoms with van der Waals surface area (Å²) in [6.45, 7) is 9.77. The molecule has 0 aliphatic heterocycles. The van der Waals surface area contributed by atoms with E-state index < -0.39 is 0 Å². The zero-order valence-electron chi connectivity index (χ0n) is 17.6. The number of rotatable bonds is 4. The highest BCUT2D eigenvalue weighted by Crippen LogP contribution is 2.37. The number of nitrogens with zero attached hydrogens (tertiary/aromatic N) is 2. The number of hydrogen-bond donors (Lipinski definition) is 0. The fraction of sp³-hybridized carbons (Fsp3) is 0.304. The van der Waals surface area contributed by atoms with Crippen LogP contribution in [0.3, 0.4) is 0 Å². The number of anilines is 1. The van der Waals surface area contributed by atoms with Crippen molar-refractivity contribution in [2.24, 2.45) is 0 Å². The lowest BCUT2D eigenvalue weighted by molar-refractivity contribution is -0.116. The van der Waals surface area contributed by atoms with Gasteiger partial charge in [-0.15, -0.1) is 0 Å². The number of aromatic nitrogens is 1. The van der Waals surface area contributed by atoms with Gasteiger partial charge in [-0.25, -0.2) is 0 Å². The van der Waals surface area contributed by atoms with Crippen molar-refractivity contribution in [3.05, 3.63) is 57.7 Å². The topological polar surface area (TPSA) is 51.5 Å². The van der Waals surface area contributed by atoms with Crippen LogP contribution in [0.2, 0.25) is 5.02 Å². The number of halogens is 1. The summed E-state index contributed by atoms with van der Waals surface area (Å²) in [4.78, 5) is 27.4. The first kappa shape index (κ1) is 20.9. The molecule has 0 spiro atoms. The highest BCUT2D eigenvalue weighted by molar-refractivity contribution is 6.33. The van der Waals surface area contributed by atoms with Crippen molar-refractivity contribution in [3.63, 3.8) is 0 Å². The molecule has 0 saturated heterocycles. The Morgan fingerprint density at radius 1 is 1.10 bits per heavy atom. The van der Waals surface area contributed by atoms with Gasteiger partial charge in [0.15, 0.2) is 0 Å². The third-order valence-corrected chi connectivity index (χ3v) is 5.45. The first-order valence-corrected chi connectivity index (χ1v) is 9.86. The lowest BCUT2D eigenvalue weighted by atomic mass is 9.99. The molecule has 3 rings (SSSR count). The molecule has 6 heteroatoms. The van der Waals surface area contributed by atoms with E-state index in [1.54, 1.807) is 27.8 Å². The minimum absolute atomic E-state index is 0.101. The molecule has 0 atom stereocenters. The monoisotopic (exact) mass is 412 g/mol. The third-order valence-electron chi connectivity index (χ3n) is 5.15. The number of fused-ring (bicyclic) bond motifs is 1. The lowest BCUT2D eigenvalue weighted by Crippen LogP contribution is -2.27. The van der Waals surface area contributed by atoms with Crippen LogP contribution in [0.4, 0.5) is 5.69 Å². The van der Waals surface area contributed by atoms with E-state index in [9.17, 15) is 9.59 Å². The number of methoxy groups -OCH3 is 1. The van der Waals surface area contributed by atoms with Crippen LogP contribution in [0.5, 0.6) is 5.75 Å². The molecule has 3 aromatic rings. The fourth-order valence-corrected chi connectivity index (χ4v) is 4.18. The second-order valence-electron chi connectivity index (χ2n) is 7.23. The molecule has 29 heavy (non-hydrogen) atoms. The molecule has 1 heterocycles.